The molecule has 2 aromatic rings. The molecule has 176 valence electrons. The second kappa shape index (κ2) is 9.02. The van der Waals surface area contributed by atoms with E-state index in [0.717, 1.165) is 0 Å². The van der Waals surface area contributed by atoms with E-state index in [1.165, 1.54) is 12.1 Å². The number of aliphatic hydroxyl groups is 6. The van der Waals surface area contributed by atoms with Gasteiger partial charge in [-0.25, -0.2) is 4.79 Å². The van der Waals surface area contributed by atoms with Gasteiger partial charge in [0.25, 0.3) is 0 Å². The van der Waals surface area contributed by atoms with E-state index in [9.17, 15) is 35.4 Å². The number of rotatable bonds is 6. The molecule has 1 aromatic carbocycles. The standard InChI is InChI=1S/C20H24O12/c21-7-20(27)8-29-19(17(20)26)28-6-12-14(23)15(24)16(25)18(32-12)30-10-3-1-9-2-4-13(22)31-11(9)5-10/h1-5,12,14-19,21,23-27H,6-8H2/t12-,14-,15+,16-,17+,18+,19+,20-/m1/s1. The topological polar surface area (TPSA) is 189 Å². The molecule has 12 heteroatoms. The highest BCUT2D eigenvalue weighted by Gasteiger charge is 2.50. The third-order valence-corrected chi connectivity index (χ3v) is 5.52. The Balaban J connectivity index is 1.44. The highest BCUT2D eigenvalue weighted by Crippen LogP contribution is 2.29. The number of hydrogen-bond donors (Lipinski definition) is 6. The van der Waals surface area contributed by atoms with E-state index in [-0.39, 0.29) is 17.9 Å². The maximum Gasteiger partial charge on any atom is 0.336 e. The van der Waals surface area contributed by atoms with Crippen LogP contribution in [0, 0.1) is 0 Å². The van der Waals surface area contributed by atoms with Gasteiger partial charge in [0.05, 0.1) is 19.8 Å². The van der Waals surface area contributed by atoms with E-state index in [1.807, 2.05) is 0 Å². The van der Waals surface area contributed by atoms with Gasteiger partial charge in [-0.1, -0.05) is 0 Å². The average molecular weight is 456 g/mol. The van der Waals surface area contributed by atoms with Crippen LogP contribution in [0.2, 0.25) is 0 Å². The predicted molar refractivity (Wildman–Crippen MR) is 104 cm³/mol. The first-order valence-electron chi connectivity index (χ1n) is 9.86. The van der Waals surface area contributed by atoms with Crippen molar-refractivity contribution in [3.05, 3.63) is 40.8 Å². The van der Waals surface area contributed by atoms with Crippen molar-refractivity contribution in [2.75, 3.05) is 19.8 Å². The molecule has 0 unspecified atom stereocenters. The van der Waals surface area contributed by atoms with Gasteiger partial charge in [-0.05, 0) is 18.2 Å². The van der Waals surface area contributed by atoms with Crippen LogP contribution < -0.4 is 10.4 Å². The molecule has 0 amide bonds. The molecule has 2 aliphatic heterocycles. The molecule has 0 radical (unpaired) electrons. The zero-order chi connectivity index (χ0) is 23.0. The van der Waals surface area contributed by atoms with Crippen LogP contribution in [0.15, 0.2) is 39.5 Å². The molecule has 2 saturated heterocycles. The summed E-state index contributed by atoms with van der Waals surface area (Å²) in [5.74, 6) is 0.168. The summed E-state index contributed by atoms with van der Waals surface area (Å²) in [6.07, 6.45) is -10.3. The molecule has 0 bridgehead atoms. The van der Waals surface area contributed by atoms with Gasteiger partial charge < -0.3 is 54.0 Å². The molecule has 1 aromatic heterocycles. The van der Waals surface area contributed by atoms with E-state index in [4.69, 9.17) is 23.4 Å². The summed E-state index contributed by atoms with van der Waals surface area (Å²) in [5.41, 5.74) is -2.20. The van der Waals surface area contributed by atoms with E-state index >= 15 is 0 Å². The Labute approximate surface area is 180 Å². The van der Waals surface area contributed by atoms with Crippen molar-refractivity contribution in [3.63, 3.8) is 0 Å². The second-order valence-corrected chi connectivity index (χ2v) is 7.81. The van der Waals surface area contributed by atoms with Crippen molar-refractivity contribution >= 4 is 11.0 Å². The molecule has 6 N–H and O–H groups in total. The highest BCUT2D eigenvalue weighted by atomic mass is 16.7. The van der Waals surface area contributed by atoms with E-state index in [1.54, 1.807) is 18.2 Å². The first-order chi connectivity index (χ1) is 15.2. The first kappa shape index (κ1) is 23.0. The monoisotopic (exact) mass is 456 g/mol. The van der Waals surface area contributed by atoms with Crippen LogP contribution >= 0.6 is 0 Å². The number of ether oxygens (including phenoxy) is 4. The van der Waals surface area contributed by atoms with Crippen LogP contribution in [0.3, 0.4) is 0 Å². The Morgan fingerprint density at radius 1 is 1.03 bits per heavy atom. The Morgan fingerprint density at radius 2 is 1.78 bits per heavy atom. The summed E-state index contributed by atoms with van der Waals surface area (Å²) >= 11 is 0. The molecule has 2 aliphatic rings. The van der Waals surface area contributed by atoms with Crippen molar-refractivity contribution < 1.29 is 54.0 Å². The Kier molecular flexibility index (Phi) is 6.49. The maximum absolute atomic E-state index is 11.4. The smallest absolute Gasteiger partial charge is 0.336 e. The third-order valence-electron chi connectivity index (χ3n) is 5.52. The average Bonchev–Trinajstić information content (AvgIpc) is 3.07. The molecule has 2 fully saturated rings. The predicted octanol–water partition coefficient (Wildman–Crippen LogP) is -2.56. The highest BCUT2D eigenvalue weighted by molar-refractivity contribution is 5.77. The molecule has 0 saturated carbocycles. The van der Waals surface area contributed by atoms with Crippen LogP contribution in [-0.2, 0) is 14.2 Å². The summed E-state index contributed by atoms with van der Waals surface area (Å²) in [6, 6.07) is 7.41. The Bertz CT molecular complexity index is 994. The van der Waals surface area contributed by atoms with Crippen LogP contribution in [0.25, 0.3) is 11.0 Å². The zero-order valence-electron chi connectivity index (χ0n) is 16.7. The minimum Gasteiger partial charge on any atom is -0.462 e. The molecule has 0 aliphatic carbocycles. The number of aliphatic hydroxyl groups excluding tert-OH is 5. The van der Waals surface area contributed by atoms with Crippen LogP contribution in [0.5, 0.6) is 5.75 Å². The maximum atomic E-state index is 11.4. The van der Waals surface area contributed by atoms with E-state index in [2.05, 4.69) is 0 Å². The lowest BCUT2D eigenvalue weighted by atomic mass is 9.99. The third kappa shape index (κ3) is 4.37. The van der Waals surface area contributed by atoms with Gasteiger partial charge >= 0.3 is 5.63 Å². The van der Waals surface area contributed by atoms with E-state index in [0.29, 0.717) is 5.39 Å². The summed E-state index contributed by atoms with van der Waals surface area (Å²) < 4.78 is 26.7. The van der Waals surface area contributed by atoms with Gasteiger partial charge in [0.2, 0.25) is 6.29 Å². The number of hydrogen-bond acceptors (Lipinski definition) is 12. The minimum atomic E-state index is -1.89. The van der Waals surface area contributed by atoms with E-state index < -0.39 is 67.5 Å². The van der Waals surface area contributed by atoms with Gasteiger partial charge in [0, 0.05) is 17.5 Å². The summed E-state index contributed by atoms with van der Waals surface area (Å²) in [5, 5.41) is 60.6. The fourth-order valence-electron chi connectivity index (χ4n) is 3.52. The molecular formula is C20H24O12. The van der Waals surface area contributed by atoms with Gasteiger partial charge in [-0.3, -0.25) is 0 Å². The van der Waals surface area contributed by atoms with Crippen molar-refractivity contribution in [1.29, 1.82) is 0 Å². The van der Waals surface area contributed by atoms with Gasteiger partial charge in [0.15, 0.2) is 6.29 Å². The molecule has 4 rings (SSSR count). The van der Waals surface area contributed by atoms with Gasteiger partial charge in [-0.2, -0.15) is 0 Å². The van der Waals surface area contributed by atoms with Crippen molar-refractivity contribution in [2.45, 2.75) is 48.7 Å². The normalized spacial score (nSPS) is 37.6. The molecule has 32 heavy (non-hydrogen) atoms. The van der Waals surface area contributed by atoms with Gasteiger partial charge in [-0.15, -0.1) is 0 Å². The van der Waals surface area contributed by atoms with Crippen LogP contribution in [0.1, 0.15) is 0 Å². The fraction of sp³-hybridized carbons (Fsp3) is 0.550. The molecule has 8 atom stereocenters. The lowest BCUT2D eigenvalue weighted by Crippen LogP contribution is -2.60. The number of fused-ring (bicyclic) bond motifs is 1. The quantitative estimate of drug-likeness (QED) is 0.250. The lowest BCUT2D eigenvalue weighted by Gasteiger charge is -2.40. The minimum absolute atomic E-state index is 0.168. The summed E-state index contributed by atoms with van der Waals surface area (Å²) in [7, 11) is 0. The summed E-state index contributed by atoms with van der Waals surface area (Å²) in [6.45, 7) is -1.52. The van der Waals surface area contributed by atoms with Crippen LogP contribution in [-0.4, -0.2) is 99.2 Å². The second-order valence-electron chi connectivity index (χ2n) is 7.81. The molecule has 12 nitrogen and oxygen atoms in total. The molecular weight excluding hydrogens is 432 g/mol. The molecule has 0 spiro atoms. The SMILES string of the molecule is O=c1ccc2ccc(O[C@H]3O[C@H](CO[C@H]4OC[C@](O)(CO)[C@H]4O)[C@@H](O)[C@H](O)[C@H]3O)cc2o1. The first-order valence-corrected chi connectivity index (χ1v) is 9.86. The number of benzene rings is 1. The largest absolute Gasteiger partial charge is 0.462 e. The summed E-state index contributed by atoms with van der Waals surface area (Å²) in [4.78, 5) is 11.4. The molecule has 3 heterocycles. The fourth-order valence-corrected chi connectivity index (χ4v) is 3.52. The van der Waals surface area contributed by atoms with Gasteiger partial charge in [0.1, 0.15) is 47.5 Å². The Morgan fingerprint density at radius 3 is 2.50 bits per heavy atom. The lowest BCUT2D eigenvalue weighted by molar-refractivity contribution is -0.289. The van der Waals surface area contributed by atoms with Crippen LogP contribution in [0.4, 0.5) is 0 Å². The zero-order valence-corrected chi connectivity index (χ0v) is 16.7. The Hall–Kier alpha value is -2.13. The van der Waals surface area contributed by atoms with Crippen molar-refractivity contribution in [1.82, 2.24) is 0 Å². The van der Waals surface area contributed by atoms with Crippen molar-refractivity contribution in [3.8, 4) is 5.75 Å². The van der Waals surface area contributed by atoms with Crippen molar-refractivity contribution in [2.24, 2.45) is 0 Å².